The molecule has 2 rings (SSSR count). The maximum atomic E-state index is 9.51. The molecule has 0 unspecified atom stereocenters. The van der Waals surface area contributed by atoms with E-state index < -0.39 is 0 Å². The lowest BCUT2D eigenvalue weighted by atomic mass is 10.0. The van der Waals surface area contributed by atoms with Gasteiger partial charge in [-0.05, 0) is 48.4 Å². The van der Waals surface area contributed by atoms with E-state index in [2.05, 4.69) is 0 Å². The first-order valence-corrected chi connectivity index (χ1v) is 5.63. The zero-order valence-corrected chi connectivity index (χ0v) is 10.5. The topological polar surface area (TPSA) is 29.5 Å². The fourth-order valence-electron chi connectivity index (χ4n) is 1.73. The number of phenolic OH excluding ortho intramolecular Hbond substituents is 1. The van der Waals surface area contributed by atoms with Gasteiger partial charge in [0.15, 0.2) is 0 Å². The summed E-state index contributed by atoms with van der Waals surface area (Å²) in [6, 6.07) is 11.0. The van der Waals surface area contributed by atoms with Crippen LogP contribution >= 0.6 is 11.6 Å². The Morgan fingerprint density at radius 3 is 2.53 bits per heavy atom. The third-order valence-corrected chi connectivity index (χ3v) is 2.91. The van der Waals surface area contributed by atoms with E-state index >= 15 is 0 Å². The number of aryl methyl sites for hydroxylation is 1. The molecule has 0 radical (unpaired) electrons. The number of methoxy groups -OCH3 is 1. The fourth-order valence-corrected chi connectivity index (χ4v) is 1.89. The molecule has 0 spiro atoms. The van der Waals surface area contributed by atoms with Crippen LogP contribution < -0.4 is 4.74 Å². The van der Waals surface area contributed by atoms with Gasteiger partial charge in [0.2, 0.25) is 0 Å². The second-order valence-electron chi connectivity index (χ2n) is 3.85. The Morgan fingerprint density at radius 2 is 1.88 bits per heavy atom. The number of ether oxygens (including phenoxy) is 1. The minimum atomic E-state index is 0.293. The molecule has 0 aliphatic rings. The van der Waals surface area contributed by atoms with Crippen molar-refractivity contribution in [3.05, 3.63) is 47.0 Å². The average molecular weight is 249 g/mol. The van der Waals surface area contributed by atoms with Gasteiger partial charge in [-0.15, -0.1) is 0 Å². The van der Waals surface area contributed by atoms with Gasteiger partial charge >= 0.3 is 0 Å². The molecule has 2 nitrogen and oxygen atoms in total. The van der Waals surface area contributed by atoms with Gasteiger partial charge in [0.05, 0.1) is 7.11 Å². The second kappa shape index (κ2) is 4.68. The Balaban J connectivity index is 2.55. The van der Waals surface area contributed by atoms with Crippen molar-refractivity contribution in [2.45, 2.75) is 6.92 Å². The molecular formula is C14H13ClO2. The van der Waals surface area contributed by atoms with E-state index in [0.29, 0.717) is 10.8 Å². The smallest absolute Gasteiger partial charge is 0.128 e. The lowest BCUT2D eigenvalue weighted by Crippen LogP contribution is -1.88. The molecule has 0 bridgehead atoms. The summed E-state index contributed by atoms with van der Waals surface area (Å²) in [6.07, 6.45) is 0. The van der Waals surface area contributed by atoms with Crippen molar-refractivity contribution in [3.63, 3.8) is 0 Å². The van der Waals surface area contributed by atoms with Crippen molar-refractivity contribution in [3.8, 4) is 22.6 Å². The second-order valence-corrected chi connectivity index (χ2v) is 4.28. The van der Waals surface area contributed by atoms with Gasteiger partial charge in [-0.3, -0.25) is 0 Å². The first-order chi connectivity index (χ1) is 8.11. The summed E-state index contributed by atoms with van der Waals surface area (Å²) in [6.45, 7) is 1.86. The molecule has 17 heavy (non-hydrogen) atoms. The van der Waals surface area contributed by atoms with E-state index in [9.17, 15) is 5.11 Å². The quantitative estimate of drug-likeness (QED) is 0.870. The van der Waals surface area contributed by atoms with Crippen LogP contribution in [0.5, 0.6) is 11.5 Å². The third kappa shape index (κ3) is 2.37. The molecule has 0 atom stereocenters. The van der Waals surface area contributed by atoms with Gasteiger partial charge in [0.1, 0.15) is 11.5 Å². The zero-order valence-electron chi connectivity index (χ0n) is 9.70. The molecule has 2 aromatic carbocycles. The summed E-state index contributed by atoms with van der Waals surface area (Å²) < 4.78 is 5.30. The minimum absolute atomic E-state index is 0.293. The molecular weight excluding hydrogens is 236 g/mol. The summed E-state index contributed by atoms with van der Waals surface area (Å²) in [5, 5.41) is 10.1. The van der Waals surface area contributed by atoms with Crippen LogP contribution in [-0.4, -0.2) is 12.2 Å². The number of benzene rings is 2. The Kier molecular flexibility index (Phi) is 3.25. The van der Waals surface area contributed by atoms with E-state index in [-0.39, 0.29) is 0 Å². The molecule has 88 valence electrons. The zero-order chi connectivity index (χ0) is 12.4. The van der Waals surface area contributed by atoms with Crippen molar-refractivity contribution in [2.75, 3.05) is 7.11 Å². The highest BCUT2D eigenvalue weighted by Crippen LogP contribution is 2.34. The molecule has 0 saturated carbocycles. The van der Waals surface area contributed by atoms with Gasteiger partial charge < -0.3 is 9.84 Å². The van der Waals surface area contributed by atoms with Crippen LogP contribution in [0, 0.1) is 6.92 Å². The Morgan fingerprint density at radius 1 is 1.12 bits per heavy atom. The Bertz CT molecular complexity index is 550. The first-order valence-electron chi connectivity index (χ1n) is 5.25. The first kappa shape index (κ1) is 11.8. The number of hydrogen-bond donors (Lipinski definition) is 1. The molecule has 0 aromatic heterocycles. The Labute approximate surface area is 105 Å². The SMILES string of the molecule is COc1cc(Cl)ccc1-c1ccc(O)c(C)c1. The highest BCUT2D eigenvalue weighted by atomic mass is 35.5. The molecule has 0 aliphatic heterocycles. The number of hydrogen-bond acceptors (Lipinski definition) is 2. The van der Waals surface area contributed by atoms with Gasteiger partial charge in [0.25, 0.3) is 0 Å². The average Bonchev–Trinajstić information content (AvgIpc) is 2.32. The van der Waals surface area contributed by atoms with Gasteiger partial charge in [-0.1, -0.05) is 17.7 Å². The van der Waals surface area contributed by atoms with Crippen LogP contribution in [0.4, 0.5) is 0 Å². The summed E-state index contributed by atoms with van der Waals surface area (Å²) in [4.78, 5) is 0. The van der Waals surface area contributed by atoms with E-state index in [1.54, 1.807) is 19.2 Å². The van der Waals surface area contributed by atoms with Crippen molar-refractivity contribution in [1.82, 2.24) is 0 Å². The van der Waals surface area contributed by atoms with Gasteiger partial charge in [0, 0.05) is 10.6 Å². The van der Waals surface area contributed by atoms with Crippen LogP contribution in [0.15, 0.2) is 36.4 Å². The van der Waals surface area contributed by atoms with E-state index in [1.807, 2.05) is 31.2 Å². The fraction of sp³-hybridized carbons (Fsp3) is 0.143. The highest BCUT2D eigenvalue weighted by molar-refractivity contribution is 6.30. The lowest BCUT2D eigenvalue weighted by Gasteiger charge is -2.10. The molecule has 1 N–H and O–H groups in total. The molecule has 0 heterocycles. The number of rotatable bonds is 2. The summed E-state index contributed by atoms with van der Waals surface area (Å²) >= 11 is 5.92. The highest BCUT2D eigenvalue weighted by Gasteiger charge is 2.07. The van der Waals surface area contributed by atoms with Crippen LogP contribution in [0.25, 0.3) is 11.1 Å². The minimum Gasteiger partial charge on any atom is -0.508 e. The van der Waals surface area contributed by atoms with Crippen LogP contribution in [0.3, 0.4) is 0 Å². The predicted octanol–water partition coefficient (Wildman–Crippen LogP) is 4.03. The van der Waals surface area contributed by atoms with Crippen molar-refractivity contribution in [2.24, 2.45) is 0 Å². The Hall–Kier alpha value is -1.67. The van der Waals surface area contributed by atoms with Gasteiger partial charge in [-0.2, -0.15) is 0 Å². The monoisotopic (exact) mass is 248 g/mol. The standard InChI is InChI=1S/C14H13ClO2/c1-9-7-10(3-6-13(9)16)12-5-4-11(15)8-14(12)17-2/h3-8,16H,1-2H3. The number of halogens is 1. The summed E-state index contributed by atoms with van der Waals surface area (Å²) in [5.41, 5.74) is 2.79. The molecule has 0 fully saturated rings. The lowest BCUT2D eigenvalue weighted by molar-refractivity contribution is 0.416. The van der Waals surface area contributed by atoms with Crippen LogP contribution in [-0.2, 0) is 0 Å². The summed E-state index contributed by atoms with van der Waals surface area (Å²) in [5.74, 6) is 1.02. The molecule has 2 aromatic rings. The van der Waals surface area contributed by atoms with E-state index in [4.69, 9.17) is 16.3 Å². The van der Waals surface area contributed by atoms with Crippen LogP contribution in [0.2, 0.25) is 5.02 Å². The van der Waals surface area contributed by atoms with Crippen LogP contribution in [0.1, 0.15) is 5.56 Å². The van der Waals surface area contributed by atoms with E-state index in [0.717, 1.165) is 22.4 Å². The molecule has 3 heteroatoms. The molecule has 0 saturated heterocycles. The maximum Gasteiger partial charge on any atom is 0.128 e. The molecule has 0 aliphatic carbocycles. The van der Waals surface area contributed by atoms with Crippen molar-refractivity contribution >= 4 is 11.6 Å². The predicted molar refractivity (Wildman–Crippen MR) is 69.8 cm³/mol. The van der Waals surface area contributed by atoms with Crippen molar-refractivity contribution in [1.29, 1.82) is 0 Å². The number of aromatic hydroxyl groups is 1. The summed E-state index contributed by atoms with van der Waals surface area (Å²) in [7, 11) is 1.61. The van der Waals surface area contributed by atoms with Gasteiger partial charge in [-0.25, -0.2) is 0 Å². The molecule has 0 amide bonds. The largest absolute Gasteiger partial charge is 0.508 e. The van der Waals surface area contributed by atoms with E-state index in [1.165, 1.54) is 0 Å². The maximum absolute atomic E-state index is 9.51. The number of phenols is 1. The van der Waals surface area contributed by atoms with Crippen molar-refractivity contribution < 1.29 is 9.84 Å². The normalized spacial score (nSPS) is 10.3. The third-order valence-electron chi connectivity index (χ3n) is 2.67.